The molecular weight excluding hydrogens is 310 g/mol. The molecule has 2 aromatic rings. The fourth-order valence-corrected chi connectivity index (χ4v) is 2.55. The molecule has 120 valence electrons. The van der Waals surface area contributed by atoms with Crippen molar-refractivity contribution in [1.29, 1.82) is 0 Å². The summed E-state index contributed by atoms with van der Waals surface area (Å²) >= 11 is 1.41. The number of rotatable bonds is 5. The number of nitrogens with two attached hydrogens (primary N) is 1. The average molecular weight is 329 g/mol. The highest BCUT2D eigenvalue weighted by Gasteiger charge is 2.05. The van der Waals surface area contributed by atoms with E-state index in [1.54, 1.807) is 7.11 Å². The van der Waals surface area contributed by atoms with E-state index in [0.717, 1.165) is 11.3 Å². The van der Waals surface area contributed by atoms with E-state index in [-0.39, 0.29) is 5.75 Å². The van der Waals surface area contributed by atoms with Gasteiger partial charge in [-0.15, -0.1) is 5.10 Å². The molecule has 0 aliphatic heterocycles. The molecular formula is C17H19N3O2S. The summed E-state index contributed by atoms with van der Waals surface area (Å²) in [6, 6.07) is 13.3. The SMILES string of the molecule is COc1cc(C)c(C=NN=C(N)SCc2ccccc2)c(O)c1. The predicted octanol–water partition coefficient (Wildman–Crippen LogP) is 3.29. The largest absolute Gasteiger partial charge is 0.507 e. The molecule has 5 nitrogen and oxygen atoms in total. The van der Waals surface area contributed by atoms with Gasteiger partial charge in [0.15, 0.2) is 5.17 Å². The number of aryl methyl sites for hydroxylation is 1. The predicted molar refractivity (Wildman–Crippen MR) is 96.3 cm³/mol. The van der Waals surface area contributed by atoms with Crippen LogP contribution in [0.1, 0.15) is 16.7 Å². The molecule has 23 heavy (non-hydrogen) atoms. The van der Waals surface area contributed by atoms with E-state index >= 15 is 0 Å². The summed E-state index contributed by atoms with van der Waals surface area (Å²) in [6.45, 7) is 1.86. The van der Waals surface area contributed by atoms with Gasteiger partial charge in [0, 0.05) is 17.4 Å². The third kappa shape index (κ3) is 5.03. The molecule has 0 bridgehead atoms. The minimum absolute atomic E-state index is 0.0938. The Morgan fingerprint density at radius 2 is 2.04 bits per heavy atom. The molecule has 0 aliphatic rings. The van der Waals surface area contributed by atoms with Gasteiger partial charge < -0.3 is 15.6 Å². The van der Waals surface area contributed by atoms with Crippen LogP contribution in [0.2, 0.25) is 0 Å². The van der Waals surface area contributed by atoms with Crippen molar-refractivity contribution in [3.05, 3.63) is 59.2 Å². The van der Waals surface area contributed by atoms with Crippen molar-refractivity contribution >= 4 is 23.1 Å². The number of nitrogens with zero attached hydrogens (tertiary/aromatic N) is 2. The maximum absolute atomic E-state index is 9.96. The molecule has 2 rings (SSSR count). The second kappa shape index (κ2) is 8.24. The monoisotopic (exact) mass is 329 g/mol. The first kappa shape index (κ1) is 16.9. The lowest BCUT2D eigenvalue weighted by Crippen LogP contribution is -2.06. The van der Waals surface area contributed by atoms with E-state index in [4.69, 9.17) is 10.5 Å². The first-order valence-electron chi connectivity index (χ1n) is 7.01. The zero-order valence-corrected chi connectivity index (χ0v) is 13.9. The van der Waals surface area contributed by atoms with Crippen molar-refractivity contribution in [2.45, 2.75) is 12.7 Å². The van der Waals surface area contributed by atoms with Gasteiger partial charge in [0.2, 0.25) is 0 Å². The molecule has 2 aromatic carbocycles. The summed E-state index contributed by atoms with van der Waals surface area (Å²) in [5.41, 5.74) is 8.43. The number of methoxy groups -OCH3 is 1. The Morgan fingerprint density at radius 3 is 2.70 bits per heavy atom. The summed E-state index contributed by atoms with van der Waals surface area (Å²) < 4.78 is 5.09. The Hall–Kier alpha value is -2.47. The Morgan fingerprint density at radius 1 is 1.30 bits per heavy atom. The van der Waals surface area contributed by atoms with Crippen LogP contribution in [0.25, 0.3) is 0 Å². The molecule has 0 saturated carbocycles. The van der Waals surface area contributed by atoms with Crippen molar-refractivity contribution in [2.24, 2.45) is 15.9 Å². The number of hydrogen-bond acceptors (Lipinski definition) is 5. The highest BCUT2D eigenvalue weighted by Crippen LogP contribution is 2.26. The van der Waals surface area contributed by atoms with E-state index in [9.17, 15) is 5.11 Å². The van der Waals surface area contributed by atoms with Crippen molar-refractivity contribution in [3.8, 4) is 11.5 Å². The van der Waals surface area contributed by atoms with Gasteiger partial charge in [-0.1, -0.05) is 42.1 Å². The third-order valence-electron chi connectivity index (χ3n) is 3.15. The van der Waals surface area contributed by atoms with Crippen LogP contribution in [0.4, 0.5) is 0 Å². The Bertz CT molecular complexity index is 692. The lowest BCUT2D eigenvalue weighted by atomic mass is 10.1. The summed E-state index contributed by atoms with van der Waals surface area (Å²) in [4.78, 5) is 0. The number of phenolic OH excluding ortho intramolecular Hbond substituents is 1. The quantitative estimate of drug-likeness (QED) is 0.501. The molecule has 0 heterocycles. The van der Waals surface area contributed by atoms with Crippen LogP contribution >= 0.6 is 11.8 Å². The standard InChI is InChI=1S/C17H19N3O2S/c1-12-8-14(22-2)9-16(21)15(12)10-19-20-17(18)23-11-13-6-4-3-5-7-13/h3-10,21H,11H2,1-2H3,(H2,18,20). The van der Waals surface area contributed by atoms with Crippen LogP contribution in [0, 0.1) is 6.92 Å². The minimum Gasteiger partial charge on any atom is -0.507 e. The molecule has 0 saturated heterocycles. The summed E-state index contributed by atoms with van der Waals surface area (Å²) in [5, 5.41) is 18.2. The molecule has 0 amide bonds. The Balaban J connectivity index is 2.00. The van der Waals surface area contributed by atoms with E-state index < -0.39 is 0 Å². The number of phenols is 1. The second-order valence-electron chi connectivity index (χ2n) is 4.83. The van der Waals surface area contributed by atoms with Crippen LogP contribution < -0.4 is 10.5 Å². The molecule has 0 aromatic heterocycles. The molecule has 0 unspecified atom stereocenters. The summed E-state index contributed by atoms with van der Waals surface area (Å²) in [6.07, 6.45) is 1.49. The molecule has 0 spiro atoms. The highest BCUT2D eigenvalue weighted by atomic mass is 32.2. The van der Waals surface area contributed by atoms with Crippen LogP contribution in [-0.2, 0) is 5.75 Å². The summed E-state index contributed by atoms with van der Waals surface area (Å²) in [5.74, 6) is 1.42. The smallest absolute Gasteiger partial charge is 0.180 e. The zero-order valence-electron chi connectivity index (χ0n) is 13.1. The van der Waals surface area contributed by atoms with Gasteiger partial charge in [0.25, 0.3) is 0 Å². The van der Waals surface area contributed by atoms with Gasteiger partial charge in [0.05, 0.1) is 13.3 Å². The zero-order chi connectivity index (χ0) is 16.7. The first-order valence-corrected chi connectivity index (χ1v) is 7.99. The van der Waals surface area contributed by atoms with E-state index in [0.29, 0.717) is 16.5 Å². The van der Waals surface area contributed by atoms with Crippen molar-refractivity contribution in [3.63, 3.8) is 0 Å². The van der Waals surface area contributed by atoms with Crippen LogP contribution in [0.3, 0.4) is 0 Å². The van der Waals surface area contributed by atoms with Crippen molar-refractivity contribution < 1.29 is 9.84 Å². The van der Waals surface area contributed by atoms with Gasteiger partial charge in [0.1, 0.15) is 11.5 Å². The van der Waals surface area contributed by atoms with Crippen LogP contribution in [0.5, 0.6) is 11.5 Å². The fourth-order valence-electron chi connectivity index (χ4n) is 1.94. The van der Waals surface area contributed by atoms with Gasteiger partial charge in [-0.3, -0.25) is 0 Å². The first-order chi connectivity index (χ1) is 11.1. The minimum atomic E-state index is 0.0938. The Labute approximate surface area is 139 Å². The normalized spacial score (nSPS) is 11.8. The maximum Gasteiger partial charge on any atom is 0.180 e. The van der Waals surface area contributed by atoms with Crippen molar-refractivity contribution in [2.75, 3.05) is 7.11 Å². The third-order valence-corrected chi connectivity index (χ3v) is 4.00. The average Bonchev–Trinajstić information content (AvgIpc) is 2.56. The molecule has 6 heteroatoms. The van der Waals surface area contributed by atoms with Gasteiger partial charge in [-0.25, -0.2) is 0 Å². The van der Waals surface area contributed by atoms with Crippen molar-refractivity contribution in [1.82, 2.24) is 0 Å². The van der Waals surface area contributed by atoms with E-state index in [2.05, 4.69) is 10.2 Å². The van der Waals surface area contributed by atoms with Crippen LogP contribution in [0.15, 0.2) is 52.7 Å². The number of thioether (sulfide) groups is 1. The molecule has 0 radical (unpaired) electrons. The molecule has 3 N–H and O–H groups in total. The summed E-state index contributed by atoms with van der Waals surface area (Å²) in [7, 11) is 1.55. The molecule has 0 atom stereocenters. The number of aromatic hydroxyl groups is 1. The fraction of sp³-hybridized carbons (Fsp3) is 0.176. The van der Waals surface area contributed by atoms with E-state index in [1.807, 2.05) is 43.3 Å². The highest BCUT2D eigenvalue weighted by molar-refractivity contribution is 8.13. The number of amidine groups is 1. The van der Waals surface area contributed by atoms with Gasteiger partial charge >= 0.3 is 0 Å². The molecule has 0 fully saturated rings. The number of benzene rings is 2. The lowest BCUT2D eigenvalue weighted by Gasteiger charge is -2.06. The maximum atomic E-state index is 9.96. The topological polar surface area (TPSA) is 80.2 Å². The van der Waals surface area contributed by atoms with E-state index in [1.165, 1.54) is 29.6 Å². The van der Waals surface area contributed by atoms with Gasteiger partial charge in [-0.05, 0) is 24.1 Å². The number of ether oxygens (including phenoxy) is 1. The Kier molecular flexibility index (Phi) is 6.05. The number of hydrogen-bond donors (Lipinski definition) is 2. The molecule has 0 aliphatic carbocycles. The van der Waals surface area contributed by atoms with Gasteiger partial charge in [-0.2, -0.15) is 5.10 Å². The van der Waals surface area contributed by atoms with Crippen LogP contribution in [-0.4, -0.2) is 23.6 Å². The lowest BCUT2D eigenvalue weighted by molar-refractivity contribution is 0.407. The second-order valence-corrected chi connectivity index (χ2v) is 5.83.